The molecule has 0 bridgehead atoms. The highest BCUT2D eigenvalue weighted by Crippen LogP contribution is 2.16. The van der Waals surface area contributed by atoms with Gasteiger partial charge in [-0.05, 0) is 24.8 Å². The van der Waals surface area contributed by atoms with Crippen LogP contribution < -0.4 is 10.6 Å². The van der Waals surface area contributed by atoms with Crippen LogP contribution in [-0.4, -0.2) is 24.0 Å². The van der Waals surface area contributed by atoms with E-state index in [2.05, 4.69) is 58.7 Å². The molecule has 2 N–H and O–H groups in total. The molecule has 4 nitrogen and oxygen atoms in total. The molecule has 2 rings (SSSR count). The smallest absolute Gasteiger partial charge is 0.191 e. The van der Waals surface area contributed by atoms with Gasteiger partial charge in [0.05, 0.1) is 12.2 Å². The Morgan fingerprint density at radius 1 is 1.04 bits per heavy atom. The zero-order chi connectivity index (χ0) is 16.3. The molecule has 23 heavy (non-hydrogen) atoms. The molecular formula is C19H28N4. The van der Waals surface area contributed by atoms with Crippen molar-refractivity contribution in [3.63, 3.8) is 0 Å². The van der Waals surface area contributed by atoms with E-state index in [1.54, 1.807) is 0 Å². The van der Waals surface area contributed by atoms with Crippen molar-refractivity contribution in [2.45, 2.75) is 46.1 Å². The van der Waals surface area contributed by atoms with Gasteiger partial charge in [0, 0.05) is 24.7 Å². The predicted molar refractivity (Wildman–Crippen MR) is 98.7 cm³/mol. The lowest BCUT2D eigenvalue weighted by molar-refractivity contribution is 0.647. The summed E-state index contributed by atoms with van der Waals surface area (Å²) in [5.41, 5.74) is 1.02. The Morgan fingerprint density at radius 2 is 1.91 bits per heavy atom. The first-order chi connectivity index (χ1) is 11.3. The van der Waals surface area contributed by atoms with Crippen molar-refractivity contribution in [2.75, 3.05) is 13.1 Å². The molecule has 0 atom stereocenters. The minimum atomic E-state index is 0.589. The van der Waals surface area contributed by atoms with Crippen molar-refractivity contribution in [2.24, 2.45) is 4.99 Å². The second-order valence-electron chi connectivity index (χ2n) is 5.66. The molecule has 1 aromatic heterocycles. The maximum absolute atomic E-state index is 4.68. The lowest BCUT2D eigenvalue weighted by Crippen LogP contribution is -2.37. The maximum atomic E-state index is 4.68. The van der Waals surface area contributed by atoms with Gasteiger partial charge in [-0.1, -0.05) is 50.5 Å². The van der Waals surface area contributed by atoms with Crippen LogP contribution in [0.5, 0.6) is 0 Å². The predicted octanol–water partition coefficient (Wildman–Crippen LogP) is 3.87. The number of pyridine rings is 1. The van der Waals surface area contributed by atoms with Gasteiger partial charge in [0.15, 0.2) is 5.96 Å². The van der Waals surface area contributed by atoms with E-state index in [1.807, 2.05) is 12.3 Å². The fourth-order valence-electron chi connectivity index (χ4n) is 2.56. The fourth-order valence-corrected chi connectivity index (χ4v) is 2.56. The van der Waals surface area contributed by atoms with Crippen LogP contribution in [0.3, 0.4) is 0 Å². The number of aromatic nitrogens is 1. The van der Waals surface area contributed by atoms with Gasteiger partial charge in [-0.15, -0.1) is 0 Å². The molecule has 0 fully saturated rings. The monoisotopic (exact) mass is 312 g/mol. The van der Waals surface area contributed by atoms with Crippen LogP contribution in [0.15, 0.2) is 41.5 Å². The molecule has 0 aliphatic heterocycles. The van der Waals surface area contributed by atoms with Gasteiger partial charge >= 0.3 is 0 Å². The summed E-state index contributed by atoms with van der Waals surface area (Å²) in [6.45, 7) is 6.74. The van der Waals surface area contributed by atoms with E-state index < -0.39 is 0 Å². The third kappa shape index (κ3) is 5.55. The summed E-state index contributed by atoms with van der Waals surface area (Å²) in [6.07, 6.45) is 6.88. The van der Waals surface area contributed by atoms with Gasteiger partial charge in [-0.3, -0.25) is 4.98 Å². The highest BCUT2D eigenvalue weighted by atomic mass is 15.2. The van der Waals surface area contributed by atoms with Gasteiger partial charge in [-0.2, -0.15) is 0 Å². The quantitative estimate of drug-likeness (QED) is 0.442. The third-order valence-electron chi connectivity index (χ3n) is 3.81. The summed E-state index contributed by atoms with van der Waals surface area (Å²) < 4.78 is 0. The van der Waals surface area contributed by atoms with Crippen LogP contribution in [0.4, 0.5) is 0 Å². The third-order valence-corrected chi connectivity index (χ3v) is 3.81. The molecule has 0 saturated heterocycles. The van der Waals surface area contributed by atoms with E-state index >= 15 is 0 Å². The first-order valence-electron chi connectivity index (χ1n) is 8.70. The molecule has 4 heteroatoms. The average molecular weight is 312 g/mol. The summed E-state index contributed by atoms with van der Waals surface area (Å²) in [5, 5.41) is 9.10. The molecule has 0 aliphatic rings. The normalized spacial score (nSPS) is 11.7. The van der Waals surface area contributed by atoms with Crippen molar-refractivity contribution in [1.82, 2.24) is 15.6 Å². The molecule has 0 saturated carbocycles. The van der Waals surface area contributed by atoms with E-state index in [-0.39, 0.29) is 0 Å². The van der Waals surface area contributed by atoms with Crippen LogP contribution >= 0.6 is 0 Å². The highest BCUT2D eigenvalue weighted by Gasteiger charge is 2.02. The summed E-state index contributed by atoms with van der Waals surface area (Å²) in [6, 6.07) is 10.4. The minimum absolute atomic E-state index is 0.589. The Kier molecular flexibility index (Phi) is 7.37. The fraction of sp³-hybridized carbons (Fsp3) is 0.474. The minimum Gasteiger partial charge on any atom is -0.357 e. The Bertz CT molecular complexity index is 616. The number of fused-ring (bicyclic) bond motifs is 1. The largest absolute Gasteiger partial charge is 0.357 e. The topological polar surface area (TPSA) is 49.3 Å². The van der Waals surface area contributed by atoms with Crippen LogP contribution in [0.25, 0.3) is 10.8 Å². The van der Waals surface area contributed by atoms with E-state index in [0.717, 1.165) is 24.7 Å². The SMILES string of the molecule is CCCCCCNC(=NCc1nccc2ccccc12)NCC. The molecule has 0 amide bonds. The number of hydrogen-bond acceptors (Lipinski definition) is 2. The summed E-state index contributed by atoms with van der Waals surface area (Å²) in [4.78, 5) is 9.18. The molecule has 0 spiro atoms. The van der Waals surface area contributed by atoms with Crippen molar-refractivity contribution in [1.29, 1.82) is 0 Å². The average Bonchev–Trinajstić information content (AvgIpc) is 2.59. The number of rotatable bonds is 8. The Hall–Kier alpha value is -2.10. The number of guanidine groups is 1. The van der Waals surface area contributed by atoms with Crippen LogP contribution in [0.2, 0.25) is 0 Å². The van der Waals surface area contributed by atoms with Gasteiger partial charge in [0.1, 0.15) is 0 Å². The summed E-state index contributed by atoms with van der Waals surface area (Å²) >= 11 is 0. The molecular weight excluding hydrogens is 284 g/mol. The van der Waals surface area contributed by atoms with Crippen LogP contribution in [0, 0.1) is 0 Å². The zero-order valence-corrected chi connectivity index (χ0v) is 14.3. The highest BCUT2D eigenvalue weighted by molar-refractivity contribution is 5.85. The molecule has 0 unspecified atom stereocenters. The van der Waals surface area contributed by atoms with E-state index in [4.69, 9.17) is 0 Å². The number of unbranched alkanes of at least 4 members (excludes halogenated alkanes) is 3. The Balaban J connectivity index is 1.98. The number of benzene rings is 1. The van der Waals surface area contributed by atoms with E-state index in [1.165, 1.54) is 36.5 Å². The Labute approximate surface area is 139 Å². The van der Waals surface area contributed by atoms with Crippen molar-refractivity contribution in [3.05, 3.63) is 42.2 Å². The molecule has 1 heterocycles. The van der Waals surface area contributed by atoms with Crippen molar-refractivity contribution >= 4 is 16.7 Å². The standard InChI is InChI=1S/C19H28N4/c1-3-5-6-9-13-22-19(20-4-2)23-15-18-17-11-8-7-10-16(17)12-14-21-18/h7-8,10-12,14H,3-6,9,13,15H2,1-2H3,(H2,20,22,23). The van der Waals surface area contributed by atoms with Crippen molar-refractivity contribution in [3.8, 4) is 0 Å². The van der Waals surface area contributed by atoms with Gasteiger partial charge < -0.3 is 10.6 Å². The lowest BCUT2D eigenvalue weighted by Gasteiger charge is -2.11. The first kappa shape index (κ1) is 17.3. The van der Waals surface area contributed by atoms with Crippen LogP contribution in [0.1, 0.15) is 45.2 Å². The molecule has 1 aromatic carbocycles. The number of hydrogen-bond donors (Lipinski definition) is 2. The zero-order valence-electron chi connectivity index (χ0n) is 14.3. The molecule has 124 valence electrons. The summed E-state index contributed by atoms with van der Waals surface area (Å²) in [7, 11) is 0. The van der Waals surface area contributed by atoms with Crippen LogP contribution in [-0.2, 0) is 6.54 Å². The van der Waals surface area contributed by atoms with E-state index in [9.17, 15) is 0 Å². The number of nitrogens with one attached hydrogen (secondary N) is 2. The molecule has 2 aromatic rings. The van der Waals surface area contributed by atoms with Crippen molar-refractivity contribution < 1.29 is 0 Å². The van der Waals surface area contributed by atoms with Gasteiger partial charge in [0.2, 0.25) is 0 Å². The Morgan fingerprint density at radius 3 is 2.74 bits per heavy atom. The first-order valence-corrected chi connectivity index (χ1v) is 8.70. The summed E-state index contributed by atoms with van der Waals surface area (Å²) in [5.74, 6) is 0.874. The second kappa shape index (κ2) is 9.82. The maximum Gasteiger partial charge on any atom is 0.191 e. The van der Waals surface area contributed by atoms with E-state index in [0.29, 0.717) is 6.54 Å². The van der Waals surface area contributed by atoms with Gasteiger partial charge in [-0.25, -0.2) is 4.99 Å². The molecule has 0 aliphatic carbocycles. The van der Waals surface area contributed by atoms with Gasteiger partial charge in [0.25, 0.3) is 0 Å². The molecule has 0 radical (unpaired) electrons. The lowest BCUT2D eigenvalue weighted by atomic mass is 10.1. The number of nitrogens with zero attached hydrogens (tertiary/aromatic N) is 2. The number of aliphatic imine (C=N–C) groups is 1. The second-order valence-corrected chi connectivity index (χ2v) is 5.66.